The number of halogens is 1. The lowest BCUT2D eigenvalue weighted by molar-refractivity contribution is 0.284. The number of nitrogens with two attached hydrogens (primary N) is 1. The highest BCUT2D eigenvalue weighted by molar-refractivity contribution is 7.99. The number of benzene rings is 1. The molecular weight excluding hydrogens is 230 g/mol. The predicted molar refractivity (Wildman–Crippen MR) is 67.5 cm³/mol. The molecule has 4 heteroatoms. The third-order valence-electron chi connectivity index (χ3n) is 2.02. The number of anilines is 1. The SMILES string of the molecule is Nc1ccc(SCCCCCO)c(Cl)c1. The number of hydrogen-bond donors (Lipinski definition) is 2. The minimum absolute atomic E-state index is 0.285. The van der Waals surface area contributed by atoms with Crippen molar-refractivity contribution in [3.63, 3.8) is 0 Å². The highest BCUT2D eigenvalue weighted by Crippen LogP contribution is 2.29. The number of nitrogen functional groups attached to an aromatic ring is 1. The Morgan fingerprint density at radius 3 is 2.73 bits per heavy atom. The lowest BCUT2D eigenvalue weighted by Gasteiger charge is -2.04. The Kier molecular flexibility index (Phi) is 5.91. The Morgan fingerprint density at radius 1 is 1.27 bits per heavy atom. The van der Waals surface area contributed by atoms with Crippen molar-refractivity contribution in [1.29, 1.82) is 0 Å². The fourth-order valence-corrected chi connectivity index (χ4v) is 2.49. The number of unbranched alkanes of at least 4 members (excludes halogenated alkanes) is 2. The molecule has 0 amide bonds. The Hall–Kier alpha value is -0.380. The summed E-state index contributed by atoms with van der Waals surface area (Å²) in [6.07, 6.45) is 3.05. The molecule has 1 rings (SSSR count). The monoisotopic (exact) mass is 245 g/mol. The molecule has 2 nitrogen and oxygen atoms in total. The predicted octanol–water partition coefficient (Wildman–Crippen LogP) is 3.18. The summed E-state index contributed by atoms with van der Waals surface area (Å²) in [6.45, 7) is 0.285. The van der Waals surface area contributed by atoms with Crippen LogP contribution >= 0.6 is 23.4 Å². The normalized spacial score (nSPS) is 10.5. The lowest BCUT2D eigenvalue weighted by atomic mass is 10.3. The number of thioether (sulfide) groups is 1. The van der Waals surface area contributed by atoms with Gasteiger partial charge >= 0.3 is 0 Å². The van der Waals surface area contributed by atoms with Gasteiger partial charge in [0.2, 0.25) is 0 Å². The van der Waals surface area contributed by atoms with E-state index in [4.69, 9.17) is 22.4 Å². The molecule has 0 fully saturated rings. The van der Waals surface area contributed by atoms with E-state index in [1.807, 2.05) is 12.1 Å². The second-order valence-electron chi connectivity index (χ2n) is 3.32. The van der Waals surface area contributed by atoms with Crippen LogP contribution in [0.25, 0.3) is 0 Å². The molecule has 1 aromatic rings. The first-order valence-corrected chi connectivity index (χ1v) is 6.39. The molecule has 0 aliphatic carbocycles. The molecule has 0 heterocycles. The molecule has 3 N–H and O–H groups in total. The summed E-state index contributed by atoms with van der Waals surface area (Å²) in [5.41, 5.74) is 6.30. The van der Waals surface area contributed by atoms with E-state index in [1.165, 1.54) is 0 Å². The summed E-state index contributed by atoms with van der Waals surface area (Å²) in [7, 11) is 0. The average Bonchev–Trinajstić information content (AvgIpc) is 2.20. The van der Waals surface area contributed by atoms with Crippen molar-refractivity contribution in [2.24, 2.45) is 0 Å². The quantitative estimate of drug-likeness (QED) is 0.460. The van der Waals surface area contributed by atoms with Crippen LogP contribution in [0.4, 0.5) is 5.69 Å². The number of aliphatic hydroxyl groups excluding tert-OH is 1. The van der Waals surface area contributed by atoms with Crippen molar-refractivity contribution < 1.29 is 5.11 Å². The van der Waals surface area contributed by atoms with Crippen LogP contribution in [-0.2, 0) is 0 Å². The lowest BCUT2D eigenvalue weighted by Crippen LogP contribution is -1.87. The van der Waals surface area contributed by atoms with E-state index in [9.17, 15) is 0 Å². The van der Waals surface area contributed by atoms with Gasteiger partial charge in [-0.3, -0.25) is 0 Å². The van der Waals surface area contributed by atoms with Gasteiger partial charge in [-0.2, -0.15) is 0 Å². The standard InChI is InChI=1S/C11H16ClNOS/c12-10-8-9(13)4-5-11(10)15-7-3-1-2-6-14/h4-5,8,14H,1-3,6-7,13H2. The molecule has 0 aliphatic rings. The van der Waals surface area contributed by atoms with Gasteiger partial charge in [-0.1, -0.05) is 18.0 Å². The Balaban J connectivity index is 2.31. The maximum atomic E-state index is 8.62. The van der Waals surface area contributed by atoms with Crippen LogP contribution in [0.2, 0.25) is 5.02 Å². The van der Waals surface area contributed by atoms with Gasteiger partial charge in [0.15, 0.2) is 0 Å². The van der Waals surface area contributed by atoms with Gasteiger partial charge in [-0.15, -0.1) is 11.8 Å². The van der Waals surface area contributed by atoms with Gasteiger partial charge in [0, 0.05) is 17.2 Å². The van der Waals surface area contributed by atoms with Gasteiger partial charge in [0.05, 0.1) is 5.02 Å². The van der Waals surface area contributed by atoms with Gasteiger partial charge < -0.3 is 10.8 Å². The second-order valence-corrected chi connectivity index (χ2v) is 4.87. The van der Waals surface area contributed by atoms with Crippen LogP contribution in [0, 0.1) is 0 Å². The maximum absolute atomic E-state index is 8.62. The third kappa shape index (κ3) is 4.78. The van der Waals surface area contributed by atoms with Crippen molar-refractivity contribution in [1.82, 2.24) is 0 Å². The fourth-order valence-electron chi connectivity index (χ4n) is 1.21. The molecule has 1 aromatic carbocycles. The summed E-state index contributed by atoms with van der Waals surface area (Å²) < 4.78 is 0. The van der Waals surface area contributed by atoms with Gasteiger partial charge in [0.1, 0.15) is 0 Å². The molecule has 84 valence electrons. The summed E-state index contributed by atoms with van der Waals surface area (Å²) in [5, 5.41) is 9.34. The molecule has 15 heavy (non-hydrogen) atoms. The first-order valence-electron chi connectivity index (χ1n) is 5.02. The Labute approximate surface area is 99.8 Å². The van der Waals surface area contributed by atoms with Gasteiger partial charge in [0.25, 0.3) is 0 Å². The zero-order chi connectivity index (χ0) is 11.1. The highest BCUT2D eigenvalue weighted by Gasteiger charge is 2.00. The molecular formula is C11H16ClNOS. The van der Waals surface area contributed by atoms with Crippen LogP contribution in [-0.4, -0.2) is 17.5 Å². The summed E-state index contributed by atoms with van der Waals surface area (Å²) in [4.78, 5) is 1.08. The van der Waals surface area contributed by atoms with Crippen molar-refractivity contribution in [3.05, 3.63) is 23.2 Å². The maximum Gasteiger partial charge on any atom is 0.0562 e. The van der Waals surface area contributed by atoms with Crippen LogP contribution in [0.5, 0.6) is 0 Å². The minimum Gasteiger partial charge on any atom is -0.399 e. The zero-order valence-corrected chi connectivity index (χ0v) is 10.2. The fraction of sp³-hybridized carbons (Fsp3) is 0.455. The van der Waals surface area contributed by atoms with Gasteiger partial charge in [-0.05, 0) is 36.8 Å². The molecule has 0 saturated carbocycles. The molecule has 0 spiro atoms. The van der Waals surface area contributed by atoms with Crippen molar-refractivity contribution >= 4 is 29.1 Å². The smallest absolute Gasteiger partial charge is 0.0562 e. The summed E-state index contributed by atoms with van der Waals surface area (Å²) in [5.74, 6) is 1.03. The topological polar surface area (TPSA) is 46.2 Å². The Bertz CT molecular complexity index is 307. The van der Waals surface area contributed by atoms with E-state index in [-0.39, 0.29) is 6.61 Å². The van der Waals surface area contributed by atoms with Crippen LogP contribution in [0.3, 0.4) is 0 Å². The third-order valence-corrected chi connectivity index (χ3v) is 3.60. The molecule has 0 aliphatic heterocycles. The van der Waals surface area contributed by atoms with Crippen molar-refractivity contribution in [2.45, 2.75) is 24.2 Å². The van der Waals surface area contributed by atoms with E-state index in [0.717, 1.165) is 34.9 Å². The van der Waals surface area contributed by atoms with Crippen LogP contribution in [0.1, 0.15) is 19.3 Å². The molecule has 0 bridgehead atoms. The van der Waals surface area contributed by atoms with Gasteiger partial charge in [-0.25, -0.2) is 0 Å². The van der Waals surface area contributed by atoms with E-state index in [1.54, 1.807) is 17.8 Å². The first kappa shape index (κ1) is 12.7. The summed E-state index contributed by atoms with van der Waals surface area (Å²) >= 11 is 7.77. The number of rotatable bonds is 6. The second kappa shape index (κ2) is 6.99. The van der Waals surface area contributed by atoms with E-state index < -0.39 is 0 Å². The van der Waals surface area contributed by atoms with E-state index in [2.05, 4.69) is 0 Å². The largest absolute Gasteiger partial charge is 0.399 e. The van der Waals surface area contributed by atoms with E-state index >= 15 is 0 Å². The first-order chi connectivity index (χ1) is 7.24. The van der Waals surface area contributed by atoms with Crippen LogP contribution in [0.15, 0.2) is 23.1 Å². The average molecular weight is 246 g/mol. The molecule has 0 unspecified atom stereocenters. The molecule has 0 aromatic heterocycles. The van der Waals surface area contributed by atoms with Crippen LogP contribution < -0.4 is 5.73 Å². The molecule has 0 saturated heterocycles. The minimum atomic E-state index is 0.285. The molecule has 0 radical (unpaired) electrons. The zero-order valence-electron chi connectivity index (χ0n) is 8.58. The molecule has 0 atom stereocenters. The number of hydrogen-bond acceptors (Lipinski definition) is 3. The van der Waals surface area contributed by atoms with E-state index in [0.29, 0.717) is 5.69 Å². The highest BCUT2D eigenvalue weighted by atomic mass is 35.5. The number of aliphatic hydroxyl groups is 1. The van der Waals surface area contributed by atoms with Crippen molar-refractivity contribution in [3.8, 4) is 0 Å². The Morgan fingerprint density at radius 2 is 2.07 bits per heavy atom. The summed E-state index contributed by atoms with van der Waals surface area (Å²) in [6, 6.07) is 5.59. The van der Waals surface area contributed by atoms with Crippen molar-refractivity contribution in [2.75, 3.05) is 18.1 Å².